The lowest BCUT2D eigenvalue weighted by molar-refractivity contribution is -0.115. The molecule has 0 radical (unpaired) electrons. The Balaban J connectivity index is 1.93. The van der Waals surface area contributed by atoms with Crippen LogP contribution in [0, 0.1) is 5.92 Å². The number of fused-ring (bicyclic) bond motifs is 1. The van der Waals surface area contributed by atoms with Crippen LogP contribution in [-0.2, 0) is 17.6 Å². The topological polar surface area (TPSA) is 58.2 Å². The molecule has 0 spiro atoms. The molecule has 1 aromatic carbocycles. The van der Waals surface area contributed by atoms with Crippen LogP contribution in [0.4, 0.5) is 10.7 Å². The quantitative estimate of drug-likeness (QED) is 0.777. The molecular weight excluding hydrogens is 356 g/mol. The molecule has 2 N–H and O–H groups in total. The zero-order valence-electron chi connectivity index (χ0n) is 14.3. The molecule has 1 heterocycles. The van der Waals surface area contributed by atoms with Gasteiger partial charge in [0.2, 0.25) is 5.91 Å². The molecule has 0 saturated heterocycles. The summed E-state index contributed by atoms with van der Waals surface area (Å²) in [5.74, 6) is 0.348. The molecule has 6 heteroatoms. The molecule has 0 unspecified atom stereocenters. The lowest BCUT2D eigenvalue weighted by Crippen LogP contribution is -2.19. The zero-order valence-corrected chi connectivity index (χ0v) is 15.9. The second-order valence-corrected chi connectivity index (χ2v) is 7.96. The largest absolute Gasteiger partial charge is 0.322 e. The second-order valence-electron chi connectivity index (χ2n) is 6.42. The average molecular weight is 377 g/mol. The van der Waals surface area contributed by atoms with Crippen LogP contribution >= 0.6 is 22.9 Å². The van der Waals surface area contributed by atoms with Crippen molar-refractivity contribution < 1.29 is 9.59 Å². The van der Waals surface area contributed by atoms with Gasteiger partial charge in [-0.05, 0) is 55.0 Å². The predicted octanol–water partition coefficient (Wildman–Crippen LogP) is 5.13. The molecule has 1 atom stereocenters. The highest BCUT2D eigenvalue weighted by Gasteiger charge is 2.28. The van der Waals surface area contributed by atoms with E-state index in [9.17, 15) is 9.59 Å². The normalized spacial score (nSPS) is 16.2. The van der Waals surface area contributed by atoms with E-state index in [1.54, 1.807) is 31.2 Å². The Bertz CT molecular complexity index is 799. The van der Waals surface area contributed by atoms with E-state index in [0.717, 1.165) is 24.8 Å². The number of hydrogen-bond acceptors (Lipinski definition) is 3. The molecule has 0 bridgehead atoms. The summed E-state index contributed by atoms with van der Waals surface area (Å²) < 4.78 is 0. The number of hydrogen-bond donors (Lipinski definition) is 2. The van der Waals surface area contributed by atoms with E-state index in [1.165, 1.54) is 16.2 Å². The minimum absolute atomic E-state index is 0.0767. The van der Waals surface area contributed by atoms with Gasteiger partial charge in [-0.1, -0.05) is 25.4 Å². The van der Waals surface area contributed by atoms with Crippen molar-refractivity contribution in [1.29, 1.82) is 0 Å². The number of thiophene rings is 1. The van der Waals surface area contributed by atoms with Crippen LogP contribution in [0.5, 0.6) is 0 Å². The minimum atomic E-state index is -0.180. The maximum Gasteiger partial charge on any atom is 0.258 e. The van der Waals surface area contributed by atoms with Crippen molar-refractivity contribution in [2.45, 2.75) is 39.5 Å². The summed E-state index contributed by atoms with van der Waals surface area (Å²) in [6.07, 6.45) is 3.28. The van der Waals surface area contributed by atoms with Crippen molar-refractivity contribution in [1.82, 2.24) is 0 Å². The first-order valence-corrected chi connectivity index (χ1v) is 9.68. The van der Waals surface area contributed by atoms with Crippen molar-refractivity contribution in [2.24, 2.45) is 5.92 Å². The van der Waals surface area contributed by atoms with E-state index < -0.39 is 0 Å². The van der Waals surface area contributed by atoms with Gasteiger partial charge in [0.1, 0.15) is 5.00 Å². The third-order valence-electron chi connectivity index (χ3n) is 4.41. The Labute approximate surface area is 156 Å². The van der Waals surface area contributed by atoms with E-state index in [1.807, 2.05) is 0 Å². The standard InChI is InChI=1S/C19H21ClN2O2S/c1-3-16(23)22-19-17(14-9-4-11(2)10-15(14)25-19)18(24)21-13-7-5-12(20)6-8-13/h5-8,11H,3-4,9-10H2,1-2H3,(H,21,24)(H,22,23)/t11-/m1/s1. The number of benzene rings is 1. The maximum atomic E-state index is 12.9. The second kappa shape index (κ2) is 7.58. The number of nitrogens with one attached hydrogen (secondary N) is 2. The molecule has 2 aromatic rings. The summed E-state index contributed by atoms with van der Waals surface area (Å²) in [6.45, 7) is 4.03. The van der Waals surface area contributed by atoms with Gasteiger partial charge in [-0.15, -0.1) is 11.3 Å². The Morgan fingerprint density at radius 2 is 1.96 bits per heavy atom. The third kappa shape index (κ3) is 4.05. The minimum Gasteiger partial charge on any atom is -0.322 e. The Morgan fingerprint density at radius 1 is 1.24 bits per heavy atom. The number of carbonyl (C=O) groups is 2. The predicted molar refractivity (Wildman–Crippen MR) is 104 cm³/mol. The molecule has 0 aliphatic heterocycles. The highest BCUT2D eigenvalue weighted by atomic mass is 35.5. The fourth-order valence-electron chi connectivity index (χ4n) is 3.02. The fraction of sp³-hybridized carbons (Fsp3) is 0.368. The molecule has 25 heavy (non-hydrogen) atoms. The SMILES string of the molecule is CCC(=O)Nc1sc2c(c1C(=O)Nc1ccc(Cl)cc1)CC[C@@H](C)C2. The van der Waals surface area contributed by atoms with Gasteiger partial charge in [-0.25, -0.2) is 0 Å². The van der Waals surface area contributed by atoms with E-state index in [4.69, 9.17) is 11.6 Å². The van der Waals surface area contributed by atoms with Gasteiger partial charge in [0.05, 0.1) is 5.56 Å². The van der Waals surface area contributed by atoms with Crippen molar-refractivity contribution in [3.63, 3.8) is 0 Å². The average Bonchev–Trinajstić information content (AvgIpc) is 2.93. The number of carbonyl (C=O) groups excluding carboxylic acids is 2. The zero-order chi connectivity index (χ0) is 18.0. The number of halogens is 1. The first-order valence-electron chi connectivity index (χ1n) is 8.49. The van der Waals surface area contributed by atoms with Crippen LogP contribution in [-0.4, -0.2) is 11.8 Å². The fourth-order valence-corrected chi connectivity index (χ4v) is 4.57. The molecule has 1 aliphatic carbocycles. The molecule has 1 aliphatic rings. The van der Waals surface area contributed by atoms with Gasteiger partial charge >= 0.3 is 0 Å². The van der Waals surface area contributed by atoms with Crippen LogP contribution in [0.25, 0.3) is 0 Å². The van der Waals surface area contributed by atoms with Crippen LogP contribution in [0.2, 0.25) is 5.02 Å². The molecule has 0 fully saturated rings. The van der Waals surface area contributed by atoms with E-state index >= 15 is 0 Å². The monoisotopic (exact) mass is 376 g/mol. The number of anilines is 2. The Hall–Kier alpha value is -1.85. The third-order valence-corrected chi connectivity index (χ3v) is 5.84. The summed E-state index contributed by atoms with van der Waals surface area (Å²) >= 11 is 7.43. The van der Waals surface area contributed by atoms with E-state index in [-0.39, 0.29) is 11.8 Å². The molecule has 0 saturated carbocycles. The van der Waals surface area contributed by atoms with Gasteiger partial charge in [-0.3, -0.25) is 9.59 Å². The highest BCUT2D eigenvalue weighted by Crippen LogP contribution is 2.40. The van der Waals surface area contributed by atoms with Crippen molar-refractivity contribution in [3.8, 4) is 0 Å². The summed E-state index contributed by atoms with van der Waals surface area (Å²) in [4.78, 5) is 26.0. The van der Waals surface area contributed by atoms with Crippen LogP contribution < -0.4 is 10.6 Å². The van der Waals surface area contributed by atoms with Crippen LogP contribution in [0.1, 0.15) is 47.5 Å². The summed E-state index contributed by atoms with van der Waals surface area (Å²) in [5, 5.41) is 7.11. The lowest BCUT2D eigenvalue weighted by Gasteiger charge is -2.18. The first-order chi connectivity index (χ1) is 12.0. The molecule has 1 aromatic heterocycles. The highest BCUT2D eigenvalue weighted by molar-refractivity contribution is 7.17. The van der Waals surface area contributed by atoms with Crippen molar-refractivity contribution >= 4 is 45.4 Å². The lowest BCUT2D eigenvalue weighted by atomic mass is 9.88. The van der Waals surface area contributed by atoms with Gasteiger partial charge in [0.25, 0.3) is 5.91 Å². The molecular formula is C19H21ClN2O2S. The summed E-state index contributed by atoms with van der Waals surface area (Å²) in [6, 6.07) is 7.01. The number of amides is 2. The van der Waals surface area contributed by atoms with Crippen LogP contribution in [0.15, 0.2) is 24.3 Å². The summed E-state index contributed by atoms with van der Waals surface area (Å²) in [5.41, 5.74) is 2.39. The van der Waals surface area contributed by atoms with E-state index in [2.05, 4.69) is 17.6 Å². The van der Waals surface area contributed by atoms with Gasteiger partial charge in [0.15, 0.2) is 0 Å². The smallest absolute Gasteiger partial charge is 0.258 e. The molecule has 3 rings (SSSR count). The van der Waals surface area contributed by atoms with E-state index in [0.29, 0.717) is 33.6 Å². The summed E-state index contributed by atoms with van der Waals surface area (Å²) in [7, 11) is 0. The van der Waals surface area contributed by atoms with Gasteiger partial charge in [0, 0.05) is 22.0 Å². The van der Waals surface area contributed by atoms with Crippen molar-refractivity contribution in [3.05, 3.63) is 45.3 Å². The molecule has 4 nitrogen and oxygen atoms in total. The van der Waals surface area contributed by atoms with Crippen LogP contribution in [0.3, 0.4) is 0 Å². The Kier molecular flexibility index (Phi) is 5.45. The first kappa shape index (κ1) is 18.0. The maximum absolute atomic E-state index is 12.9. The van der Waals surface area contributed by atoms with Gasteiger partial charge in [-0.2, -0.15) is 0 Å². The van der Waals surface area contributed by atoms with Gasteiger partial charge < -0.3 is 10.6 Å². The molecule has 2 amide bonds. The Morgan fingerprint density at radius 3 is 2.64 bits per heavy atom. The number of rotatable bonds is 4. The van der Waals surface area contributed by atoms with Crippen molar-refractivity contribution in [2.75, 3.05) is 10.6 Å². The molecule has 132 valence electrons.